The van der Waals surface area contributed by atoms with Gasteiger partial charge in [0, 0.05) is 42.1 Å². The minimum absolute atomic E-state index is 0.0199. The van der Waals surface area contributed by atoms with Gasteiger partial charge >= 0.3 is 12.7 Å². The van der Waals surface area contributed by atoms with Crippen molar-refractivity contribution in [3.05, 3.63) is 65.5 Å². The van der Waals surface area contributed by atoms with E-state index in [0.29, 0.717) is 40.2 Å². The van der Waals surface area contributed by atoms with Crippen LogP contribution in [0, 0.1) is 5.41 Å². The fourth-order valence-corrected chi connectivity index (χ4v) is 6.90. The van der Waals surface area contributed by atoms with Crippen molar-refractivity contribution in [1.29, 1.82) is 0 Å². The topological polar surface area (TPSA) is 153 Å². The fourth-order valence-electron chi connectivity index (χ4n) is 6.90. The van der Waals surface area contributed by atoms with Crippen molar-refractivity contribution in [3.63, 3.8) is 0 Å². The molecule has 2 atom stereocenters. The van der Waals surface area contributed by atoms with E-state index in [1.165, 1.54) is 24.5 Å². The van der Waals surface area contributed by atoms with Gasteiger partial charge in [0.25, 0.3) is 5.91 Å². The number of nitrogens with zero attached hydrogens (tertiary/aromatic N) is 5. The number of alkyl halides is 2. The van der Waals surface area contributed by atoms with Crippen LogP contribution in [0.1, 0.15) is 89.4 Å². The van der Waals surface area contributed by atoms with Crippen LogP contribution in [-0.4, -0.2) is 60.4 Å². The Labute approximate surface area is 265 Å². The minimum atomic E-state index is -3.08. The summed E-state index contributed by atoms with van der Waals surface area (Å²) in [5, 5.41) is 16.0. The standard InChI is InChI=1S/C32H33F2N7O5/c1-30(2,3)46-29(44)40-32(13-31(4,14-32)15-42)27-35-11-16(12-36-27)18-8-9-19-24(37-18)41-21-10-20(25(41)38-19)39-26(43)17-6-5-7-22(23(17)21)45-28(33)34/h5-9,11-12,20-21,28,42H,10,13-15H2,1-4H3,(H,39,43)(H,40,44)/t20-,21-,31?,32?/m1/s1/i15D2. The summed E-state index contributed by atoms with van der Waals surface area (Å²) >= 11 is 0. The molecule has 5 heterocycles. The van der Waals surface area contributed by atoms with Gasteiger partial charge in [0.2, 0.25) is 0 Å². The van der Waals surface area contributed by atoms with Gasteiger partial charge in [0.15, 0.2) is 11.5 Å². The number of hydrogen-bond acceptors (Lipinski definition) is 9. The Morgan fingerprint density at radius 1 is 1.22 bits per heavy atom. The number of hydrogen-bond donors (Lipinski definition) is 3. The van der Waals surface area contributed by atoms with Crippen molar-refractivity contribution in [3.8, 4) is 17.0 Å². The van der Waals surface area contributed by atoms with Gasteiger partial charge in [-0.25, -0.2) is 24.7 Å². The number of aromatic nitrogens is 5. The molecule has 14 heteroatoms. The summed E-state index contributed by atoms with van der Waals surface area (Å²) in [6.45, 7) is 1.17. The van der Waals surface area contributed by atoms with Crippen LogP contribution in [-0.2, 0) is 10.3 Å². The molecule has 3 aromatic heterocycles. The lowest BCUT2D eigenvalue weighted by atomic mass is 9.58. The van der Waals surface area contributed by atoms with Gasteiger partial charge in [-0.2, -0.15) is 8.78 Å². The molecule has 3 aliphatic rings. The number of carbonyl (C=O) groups excluding carboxylic acids is 2. The third-order valence-electron chi connectivity index (χ3n) is 8.58. The van der Waals surface area contributed by atoms with E-state index in [9.17, 15) is 23.5 Å². The van der Waals surface area contributed by atoms with Crippen molar-refractivity contribution in [1.82, 2.24) is 35.1 Å². The number of amides is 2. The van der Waals surface area contributed by atoms with E-state index in [1.54, 1.807) is 45.9 Å². The zero-order valence-corrected chi connectivity index (χ0v) is 25.5. The number of rotatable bonds is 6. The normalized spacial score (nSPS) is 25.9. The van der Waals surface area contributed by atoms with Crippen LogP contribution in [0.15, 0.2) is 42.7 Å². The molecular weight excluding hydrogens is 600 g/mol. The summed E-state index contributed by atoms with van der Waals surface area (Å²) in [5.41, 5.74) is -0.560. The molecule has 3 N–H and O–H groups in total. The summed E-state index contributed by atoms with van der Waals surface area (Å²) in [6, 6.07) is 6.96. The molecule has 0 radical (unpaired) electrons. The van der Waals surface area contributed by atoms with Crippen LogP contribution in [0.25, 0.3) is 22.4 Å². The van der Waals surface area contributed by atoms with Crippen LogP contribution >= 0.6 is 0 Å². The molecule has 7 rings (SSSR count). The highest BCUT2D eigenvalue weighted by molar-refractivity contribution is 5.98. The van der Waals surface area contributed by atoms with E-state index in [4.69, 9.17) is 22.2 Å². The molecule has 1 aliphatic carbocycles. The highest BCUT2D eigenvalue weighted by atomic mass is 19.3. The minimum Gasteiger partial charge on any atom is -0.444 e. The number of halogens is 2. The lowest BCUT2D eigenvalue weighted by Crippen LogP contribution is -2.61. The Balaban J connectivity index is 1.24. The first-order valence-electron chi connectivity index (χ1n) is 15.8. The summed E-state index contributed by atoms with van der Waals surface area (Å²) in [4.78, 5) is 44.5. The Hall–Kier alpha value is -4.72. The SMILES string of the molecule is [2H]C([2H])(O)C1(C)CC(NC(=O)OC(C)(C)C)(c2ncc(-c3ccc4nc5n(c4n3)[C@@H]3C[C@H]5NC(=O)c4cccc(OC(F)F)c43)cn2)C1. The Kier molecular flexibility index (Phi) is 6.24. The van der Waals surface area contributed by atoms with Gasteiger partial charge in [0.1, 0.15) is 28.2 Å². The number of aliphatic hydroxyl groups is 1. The van der Waals surface area contributed by atoms with E-state index in [0.717, 1.165) is 0 Å². The van der Waals surface area contributed by atoms with Gasteiger partial charge in [-0.15, -0.1) is 0 Å². The smallest absolute Gasteiger partial charge is 0.408 e. The van der Waals surface area contributed by atoms with Crippen LogP contribution in [0.2, 0.25) is 0 Å². The molecule has 1 aromatic carbocycles. The Morgan fingerprint density at radius 3 is 2.63 bits per heavy atom. The average molecular weight is 636 g/mol. The van der Waals surface area contributed by atoms with Gasteiger partial charge in [0.05, 0.1) is 20.5 Å². The molecular formula is C32H33F2N7O5. The molecule has 1 saturated carbocycles. The van der Waals surface area contributed by atoms with Crippen molar-refractivity contribution < 1.29 is 35.7 Å². The summed E-state index contributed by atoms with van der Waals surface area (Å²) < 4.78 is 54.7. The maximum Gasteiger partial charge on any atom is 0.408 e. The lowest BCUT2D eigenvalue weighted by molar-refractivity contribution is -0.0507. The van der Waals surface area contributed by atoms with Crippen LogP contribution in [0.5, 0.6) is 5.75 Å². The molecule has 0 saturated heterocycles. The summed E-state index contributed by atoms with van der Waals surface area (Å²) in [7, 11) is 0. The molecule has 240 valence electrons. The molecule has 46 heavy (non-hydrogen) atoms. The van der Waals surface area contributed by atoms with Gasteiger partial charge in [-0.1, -0.05) is 13.0 Å². The maximum absolute atomic E-state index is 13.4. The second-order valence-electron chi connectivity index (χ2n) is 13.3. The number of imidazole rings is 1. The predicted octanol–water partition coefficient (Wildman–Crippen LogP) is 4.78. The van der Waals surface area contributed by atoms with Crippen molar-refractivity contribution in [2.24, 2.45) is 5.41 Å². The monoisotopic (exact) mass is 635 g/mol. The van der Waals surface area contributed by atoms with Crippen LogP contribution < -0.4 is 15.4 Å². The van der Waals surface area contributed by atoms with E-state index >= 15 is 0 Å². The van der Waals surface area contributed by atoms with Gasteiger partial charge < -0.3 is 29.8 Å². The summed E-state index contributed by atoms with van der Waals surface area (Å²) in [5.74, 6) is 0.272. The molecule has 1 fully saturated rings. The first-order chi connectivity index (χ1) is 22.5. The first kappa shape index (κ1) is 27.6. The maximum atomic E-state index is 13.4. The quantitative estimate of drug-likeness (QED) is 0.272. The molecule has 2 bridgehead atoms. The number of fused-ring (bicyclic) bond motifs is 9. The number of ether oxygens (including phenoxy) is 2. The Morgan fingerprint density at radius 2 is 1.96 bits per heavy atom. The second kappa shape index (κ2) is 10.4. The zero-order valence-electron chi connectivity index (χ0n) is 27.5. The highest BCUT2D eigenvalue weighted by Gasteiger charge is 2.56. The summed E-state index contributed by atoms with van der Waals surface area (Å²) in [6.07, 6.45) is 2.76. The molecule has 0 spiro atoms. The number of carbonyl (C=O) groups is 2. The van der Waals surface area contributed by atoms with Gasteiger partial charge in [-0.3, -0.25) is 4.79 Å². The van der Waals surface area contributed by atoms with E-state index in [2.05, 4.69) is 20.6 Å². The zero-order chi connectivity index (χ0) is 34.4. The largest absolute Gasteiger partial charge is 0.444 e. The van der Waals surface area contributed by atoms with Crippen molar-refractivity contribution >= 4 is 23.2 Å². The Bertz CT molecular complexity index is 1950. The van der Waals surface area contributed by atoms with Crippen LogP contribution in [0.4, 0.5) is 13.6 Å². The lowest BCUT2D eigenvalue weighted by Gasteiger charge is -2.52. The molecule has 2 amide bonds. The number of pyridine rings is 1. The fraction of sp³-hybridized carbons (Fsp3) is 0.438. The van der Waals surface area contributed by atoms with E-state index in [1.807, 2.05) is 4.57 Å². The highest BCUT2D eigenvalue weighted by Crippen LogP contribution is 2.53. The number of benzene rings is 1. The first-order valence-corrected chi connectivity index (χ1v) is 14.8. The molecule has 2 aliphatic heterocycles. The number of nitrogens with one attached hydrogen (secondary N) is 2. The molecule has 0 unspecified atom stereocenters. The van der Waals surface area contributed by atoms with Crippen LogP contribution in [0.3, 0.4) is 0 Å². The third kappa shape index (κ3) is 5.00. The third-order valence-corrected chi connectivity index (χ3v) is 8.58. The molecule has 12 nitrogen and oxygen atoms in total. The van der Waals surface area contributed by atoms with E-state index < -0.39 is 53.8 Å². The second-order valence-corrected chi connectivity index (χ2v) is 13.3. The predicted molar refractivity (Wildman–Crippen MR) is 160 cm³/mol. The van der Waals surface area contributed by atoms with Crippen molar-refractivity contribution in [2.75, 3.05) is 6.56 Å². The van der Waals surface area contributed by atoms with Crippen molar-refractivity contribution in [2.45, 2.75) is 76.8 Å². The average Bonchev–Trinajstić information content (AvgIpc) is 3.46. The van der Waals surface area contributed by atoms with Gasteiger partial charge in [-0.05, 0) is 63.3 Å². The van der Waals surface area contributed by atoms with E-state index in [-0.39, 0.29) is 30.0 Å². The number of alkyl carbamates (subject to hydrolysis) is 1. The molecule has 4 aromatic rings.